The Morgan fingerprint density at radius 1 is 0.812 bits per heavy atom. The van der Waals surface area contributed by atoms with Gasteiger partial charge >= 0.3 is 0 Å². The van der Waals surface area contributed by atoms with Crippen LogP contribution < -0.4 is 5.73 Å². The molecule has 2 aromatic rings. The Balaban J connectivity index is 2.17. The maximum Gasteiger partial charge on any atom is 0.0860 e. The van der Waals surface area contributed by atoms with Crippen LogP contribution in [0, 0.1) is 0 Å². The maximum atomic E-state index is 5.55. The first kappa shape index (κ1) is 10.5. The molecule has 0 saturated carbocycles. The van der Waals surface area contributed by atoms with Gasteiger partial charge in [-0.3, -0.25) is 0 Å². The van der Waals surface area contributed by atoms with Crippen LogP contribution in [0.2, 0.25) is 0 Å². The summed E-state index contributed by atoms with van der Waals surface area (Å²) in [6.45, 7) is 0.523. The van der Waals surface area contributed by atoms with Crippen molar-refractivity contribution in [2.45, 2.75) is 6.54 Å². The molecule has 0 heterocycles. The summed E-state index contributed by atoms with van der Waals surface area (Å²) in [5.41, 5.74) is 8.29. The van der Waals surface area contributed by atoms with E-state index < -0.39 is 0 Å². The summed E-state index contributed by atoms with van der Waals surface area (Å²) in [4.78, 5) is 0. The molecule has 0 atom stereocenters. The van der Waals surface area contributed by atoms with Crippen molar-refractivity contribution in [1.82, 2.24) is 0 Å². The molecule has 3 heteroatoms. The minimum atomic E-state index is 0.523. The van der Waals surface area contributed by atoms with E-state index in [0.29, 0.717) is 6.54 Å². The zero-order valence-corrected chi connectivity index (χ0v) is 8.88. The molecule has 2 N–H and O–H groups in total. The highest BCUT2D eigenvalue weighted by Gasteiger charge is 1.92. The van der Waals surface area contributed by atoms with Gasteiger partial charge in [0, 0.05) is 6.54 Å². The van der Waals surface area contributed by atoms with Gasteiger partial charge < -0.3 is 5.73 Å². The molecule has 0 aliphatic carbocycles. The summed E-state index contributed by atoms with van der Waals surface area (Å²) >= 11 is 0. The lowest BCUT2D eigenvalue weighted by atomic mass is 10.2. The standard InChI is InChI=1S/C13H13N3/c14-10-11-5-4-8-13(9-11)16-15-12-6-2-1-3-7-12/h1-9H,10,14H2. The third-order valence-electron chi connectivity index (χ3n) is 2.18. The first-order valence-corrected chi connectivity index (χ1v) is 5.14. The fraction of sp³-hybridized carbons (Fsp3) is 0.0769. The molecule has 0 spiro atoms. The molecule has 2 rings (SSSR count). The van der Waals surface area contributed by atoms with E-state index in [1.165, 1.54) is 0 Å². The van der Waals surface area contributed by atoms with Gasteiger partial charge in [-0.25, -0.2) is 0 Å². The monoisotopic (exact) mass is 211 g/mol. The first-order chi connectivity index (χ1) is 7.88. The SMILES string of the molecule is NCc1cccc(N=Nc2ccccc2)c1. The maximum absolute atomic E-state index is 5.55. The van der Waals surface area contributed by atoms with Gasteiger partial charge in [-0.1, -0.05) is 30.3 Å². The van der Waals surface area contributed by atoms with Crippen LogP contribution in [0.15, 0.2) is 64.8 Å². The van der Waals surface area contributed by atoms with Crippen molar-refractivity contribution in [2.24, 2.45) is 16.0 Å². The van der Waals surface area contributed by atoms with Gasteiger partial charge in [0.05, 0.1) is 11.4 Å². The van der Waals surface area contributed by atoms with Crippen molar-refractivity contribution in [1.29, 1.82) is 0 Å². The van der Waals surface area contributed by atoms with E-state index in [1.807, 2.05) is 54.6 Å². The normalized spacial score (nSPS) is 10.8. The van der Waals surface area contributed by atoms with Crippen LogP contribution in [0.25, 0.3) is 0 Å². The Bertz CT molecular complexity index is 478. The van der Waals surface area contributed by atoms with Crippen LogP contribution in [-0.2, 0) is 6.54 Å². The highest BCUT2D eigenvalue weighted by Crippen LogP contribution is 2.18. The van der Waals surface area contributed by atoms with E-state index >= 15 is 0 Å². The number of nitrogens with zero attached hydrogens (tertiary/aromatic N) is 2. The van der Waals surface area contributed by atoms with E-state index in [4.69, 9.17) is 5.73 Å². The van der Waals surface area contributed by atoms with Crippen molar-refractivity contribution in [3.63, 3.8) is 0 Å². The highest BCUT2D eigenvalue weighted by atomic mass is 15.1. The molecule has 0 saturated heterocycles. The van der Waals surface area contributed by atoms with Gasteiger partial charge in [-0.15, -0.1) is 0 Å². The van der Waals surface area contributed by atoms with Gasteiger partial charge in [0.2, 0.25) is 0 Å². The zero-order chi connectivity index (χ0) is 11.2. The average Bonchev–Trinajstić information content (AvgIpc) is 2.38. The number of azo groups is 1. The minimum absolute atomic E-state index is 0.523. The van der Waals surface area contributed by atoms with Crippen molar-refractivity contribution < 1.29 is 0 Å². The van der Waals surface area contributed by atoms with E-state index in [2.05, 4.69) is 10.2 Å². The Kier molecular flexibility index (Phi) is 3.41. The molecular weight excluding hydrogens is 198 g/mol. The molecule has 0 unspecified atom stereocenters. The van der Waals surface area contributed by atoms with Crippen LogP contribution in [-0.4, -0.2) is 0 Å². The van der Waals surface area contributed by atoms with E-state index in [1.54, 1.807) is 0 Å². The predicted octanol–water partition coefficient (Wildman–Crippen LogP) is 3.56. The van der Waals surface area contributed by atoms with E-state index in [-0.39, 0.29) is 0 Å². The fourth-order valence-corrected chi connectivity index (χ4v) is 1.36. The molecule has 0 aliphatic rings. The third-order valence-corrected chi connectivity index (χ3v) is 2.18. The quantitative estimate of drug-likeness (QED) is 0.775. The molecule has 0 bridgehead atoms. The Hall–Kier alpha value is -2.00. The molecule has 0 amide bonds. The third kappa shape index (κ3) is 2.74. The van der Waals surface area contributed by atoms with Crippen LogP contribution in [0.1, 0.15) is 5.56 Å². The first-order valence-electron chi connectivity index (χ1n) is 5.14. The summed E-state index contributed by atoms with van der Waals surface area (Å²) in [5, 5.41) is 8.29. The second-order valence-electron chi connectivity index (χ2n) is 3.41. The summed E-state index contributed by atoms with van der Waals surface area (Å²) in [6, 6.07) is 17.4. The van der Waals surface area contributed by atoms with Crippen molar-refractivity contribution in [2.75, 3.05) is 0 Å². The van der Waals surface area contributed by atoms with E-state index in [0.717, 1.165) is 16.9 Å². The van der Waals surface area contributed by atoms with Crippen molar-refractivity contribution >= 4 is 11.4 Å². The second-order valence-corrected chi connectivity index (χ2v) is 3.41. The largest absolute Gasteiger partial charge is 0.326 e. The molecular formula is C13H13N3. The molecule has 0 fully saturated rings. The molecule has 0 radical (unpaired) electrons. The molecule has 0 aromatic heterocycles. The number of hydrogen-bond donors (Lipinski definition) is 1. The average molecular weight is 211 g/mol. The van der Waals surface area contributed by atoms with Crippen LogP contribution in [0.5, 0.6) is 0 Å². The predicted molar refractivity (Wildman–Crippen MR) is 65.0 cm³/mol. The summed E-state index contributed by atoms with van der Waals surface area (Å²) in [7, 11) is 0. The van der Waals surface area contributed by atoms with Crippen LogP contribution in [0.3, 0.4) is 0 Å². The Labute approximate surface area is 94.6 Å². The molecule has 80 valence electrons. The van der Waals surface area contributed by atoms with Gasteiger partial charge in [-0.05, 0) is 29.8 Å². The lowest BCUT2D eigenvalue weighted by Crippen LogP contribution is -1.94. The number of benzene rings is 2. The lowest BCUT2D eigenvalue weighted by molar-refractivity contribution is 1.07. The van der Waals surface area contributed by atoms with Gasteiger partial charge in [0.1, 0.15) is 0 Å². The van der Waals surface area contributed by atoms with Gasteiger partial charge in [-0.2, -0.15) is 10.2 Å². The van der Waals surface area contributed by atoms with Gasteiger partial charge in [0.15, 0.2) is 0 Å². The molecule has 3 nitrogen and oxygen atoms in total. The fourth-order valence-electron chi connectivity index (χ4n) is 1.36. The molecule has 16 heavy (non-hydrogen) atoms. The van der Waals surface area contributed by atoms with Crippen molar-refractivity contribution in [3.05, 3.63) is 60.2 Å². The molecule has 2 aromatic carbocycles. The summed E-state index contributed by atoms with van der Waals surface area (Å²) in [5.74, 6) is 0. The highest BCUT2D eigenvalue weighted by molar-refractivity contribution is 5.41. The lowest BCUT2D eigenvalue weighted by Gasteiger charge is -1.97. The number of hydrogen-bond acceptors (Lipinski definition) is 3. The smallest absolute Gasteiger partial charge is 0.0860 e. The second kappa shape index (κ2) is 5.19. The van der Waals surface area contributed by atoms with Crippen LogP contribution in [0.4, 0.5) is 11.4 Å². The van der Waals surface area contributed by atoms with Gasteiger partial charge in [0.25, 0.3) is 0 Å². The Morgan fingerprint density at radius 2 is 1.50 bits per heavy atom. The zero-order valence-electron chi connectivity index (χ0n) is 8.88. The number of rotatable bonds is 3. The Morgan fingerprint density at radius 3 is 2.25 bits per heavy atom. The summed E-state index contributed by atoms with van der Waals surface area (Å²) < 4.78 is 0. The summed E-state index contributed by atoms with van der Waals surface area (Å²) in [6.07, 6.45) is 0. The topological polar surface area (TPSA) is 50.7 Å². The van der Waals surface area contributed by atoms with E-state index in [9.17, 15) is 0 Å². The molecule has 0 aliphatic heterocycles. The minimum Gasteiger partial charge on any atom is -0.326 e. The van der Waals surface area contributed by atoms with Crippen LogP contribution >= 0.6 is 0 Å². The number of nitrogens with two attached hydrogens (primary N) is 1. The van der Waals surface area contributed by atoms with Crippen molar-refractivity contribution in [3.8, 4) is 0 Å².